The van der Waals surface area contributed by atoms with E-state index in [2.05, 4.69) is 45.6 Å². The van der Waals surface area contributed by atoms with Crippen molar-refractivity contribution in [1.29, 1.82) is 0 Å². The average molecular weight is 343 g/mol. The fraction of sp³-hybridized carbons (Fsp3) is 0.474. The van der Waals surface area contributed by atoms with Gasteiger partial charge in [-0.1, -0.05) is 54.9 Å². The van der Waals surface area contributed by atoms with Gasteiger partial charge < -0.3 is 10.3 Å². The van der Waals surface area contributed by atoms with Crippen molar-refractivity contribution < 1.29 is 0 Å². The van der Waals surface area contributed by atoms with Gasteiger partial charge in [-0.2, -0.15) is 0 Å². The molecule has 0 aliphatic heterocycles. The number of aliphatic imine (C=N–C) groups is 1. The summed E-state index contributed by atoms with van der Waals surface area (Å²) in [5, 5.41) is 4.78. The van der Waals surface area contributed by atoms with E-state index in [0.29, 0.717) is 6.04 Å². The number of imidazole rings is 1. The van der Waals surface area contributed by atoms with Gasteiger partial charge in [0.25, 0.3) is 0 Å². The first-order valence-electron chi connectivity index (χ1n) is 8.85. The molecule has 1 aliphatic carbocycles. The number of aromatic amines is 1. The van der Waals surface area contributed by atoms with Gasteiger partial charge in [-0.3, -0.25) is 4.99 Å². The Kier molecular flexibility index (Phi) is 6.78. The minimum atomic E-state index is 0.611. The first kappa shape index (κ1) is 17.1. The molecule has 1 aromatic carbocycles. The number of hydrogen-bond donors (Lipinski definition) is 2. The summed E-state index contributed by atoms with van der Waals surface area (Å²) in [6.45, 7) is 0.753. The van der Waals surface area contributed by atoms with Crippen LogP contribution in [0.4, 0.5) is 0 Å². The van der Waals surface area contributed by atoms with E-state index in [0.717, 1.165) is 30.3 Å². The van der Waals surface area contributed by atoms with Crippen LogP contribution in [0.3, 0.4) is 0 Å². The van der Waals surface area contributed by atoms with Crippen molar-refractivity contribution in [3.05, 3.63) is 54.1 Å². The molecule has 1 fully saturated rings. The van der Waals surface area contributed by atoms with Gasteiger partial charge in [0.05, 0.1) is 12.9 Å². The van der Waals surface area contributed by atoms with Crippen LogP contribution in [-0.4, -0.2) is 26.9 Å². The number of H-pyrrole nitrogens is 1. The summed E-state index contributed by atoms with van der Waals surface area (Å²) in [6.07, 6.45) is 11.1. The van der Waals surface area contributed by atoms with E-state index in [1.807, 2.05) is 18.0 Å². The first-order valence-corrected chi connectivity index (χ1v) is 9.83. The normalized spacial score (nSPS) is 15.8. The molecule has 0 amide bonds. The Balaban J connectivity index is 1.50. The molecule has 2 aromatic rings. The van der Waals surface area contributed by atoms with Crippen molar-refractivity contribution in [2.75, 3.05) is 5.75 Å². The van der Waals surface area contributed by atoms with Crippen molar-refractivity contribution >= 4 is 16.9 Å². The molecule has 1 heterocycles. The van der Waals surface area contributed by atoms with Crippen molar-refractivity contribution in [2.24, 2.45) is 4.99 Å². The molecule has 0 saturated heterocycles. The molecule has 1 saturated carbocycles. The Morgan fingerprint density at radius 3 is 2.83 bits per heavy atom. The van der Waals surface area contributed by atoms with Crippen LogP contribution in [0.25, 0.3) is 0 Å². The van der Waals surface area contributed by atoms with Crippen LogP contribution in [0, 0.1) is 0 Å². The predicted octanol–water partition coefficient (Wildman–Crippen LogP) is 4.16. The first-order chi connectivity index (χ1) is 11.9. The zero-order valence-electron chi connectivity index (χ0n) is 14.1. The molecule has 0 unspecified atom stereocenters. The number of nitrogens with zero attached hydrogens (tertiary/aromatic N) is 2. The van der Waals surface area contributed by atoms with Crippen LogP contribution in [0.5, 0.6) is 0 Å². The van der Waals surface area contributed by atoms with Crippen molar-refractivity contribution in [2.45, 2.75) is 51.1 Å². The molecule has 4 nitrogen and oxygen atoms in total. The van der Waals surface area contributed by atoms with Crippen molar-refractivity contribution in [3.63, 3.8) is 0 Å². The van der Waals surface area contributed by atoms with Crippen molar-refractivity contribution in [1.82, 2.24) is 15.3 Å². The van der Waals surface area contributed by atoms with Gasteiger partial charge in [0.1, 0.15) is 0 Å². The Hall–Kier alpha value is -1.75. The van der Waals surface area contributed by atoms with Gasteiger partial charge in [-0.15, -0.1) is 0 Å². The summed E-state index contributed by atoms with van der Waals surface area (Å²) in [4.78, 5) is 12.1. The summed E-state index contributed by atoms with van der Waals surface area (Å²) in [7, 11) is 0. The quantitative estimate of drug-likeness (QED) is 0.451. The molecule has 0 bridgehead atoms. The van der Waals surface area contributed by atoms with Crippen LogP contribution in [0.15, 0.2) is 47.8 Å². The van der Waals surface area contributed by atoms with Gasteiger partial charge in [0, 0.05) is 23.7 Å². The molecular weight excluding hydrogens is 316 g/mol. The zero-order chi connectivity index (χ0) is 16.5. The van der Waals surface area contributed by atoms with Gasteiger partial charge in [0.15, 0.2) is 5.17 Å². The topological polar surface area (TPSA) is 53.1 Å². The van der Waals surface area contributed by atoms with Crippen LogP contribution in [0.1, 0.15) is 43.4 Å². The summed E-state index contributed by atoms with van der Waals surface area (Å²) < 4.78 is 0. The summed E-state index contributed by atoms with van der Waals surface area (Å²) >= 11 is 1.85. The number of aromatic nitrogens is 2. The van der Waals surface area contributed by atoms with Crippen molar-refractivity contribution in [3.8, 4) is 0 Å². The summed E-state index contributed by atoms with van der Waals surface area (Å²) in [5.41, 5.74) is 2.48. The highest BCUT2D eigenvalue weighted by Gasteiger charge is 2.16. The second-order valence-electron chi connectivity index (χ2n) is 6.26. The van der Waals surface area contributed by atoms with E-state index >= 15 is 0 Å². The van der Waals surface area contributed by atoms with E-state index in [1.54, 1.807) is 6.33 Å². The number of aryl methyl sites for hydroxylation is 1. The SMILES string of the molecule is c1ccc(CN=C(NC2CCCC2)SCCCc2cnc[nH]2)cc1. The lowest BCUT2D eigenvalue weighted by Crippen LogP contribution is -2.31. The Labute approximate surface area is 148 Å². The van der Waals surface area contributed by atoms with Gasteiger partial charge in [-0.25, -0.2) is 4.98 Å². The lowest BCUT2D eigenvalue weighted by atomic mass is 10.2. The molecule has 0 radical (unpaired) electrons. The predicted molar refractivity (Wildman–Crippen MR) is 102 cm³/mol. The van der Waals surface area contributed by atoms with E-state index in [9.17, 15) is 0 Å². The molecule has 0 atom stereocenters. The van der Waals surface area contributed by atoms with Crippen LogP contribution < -0.4 is 5.32 Å². The maximum absolute atomic E-state index is 4.84. The standard InChI is InChI=1S/C19H26N4S/c1-2-7-16(8-3-1)13-21-19(23-17-9-4-5-10-17)24-12-6-11-18-14-20-15-22-18/h1-3,7-8,14-15,17H,4-6,9-13H2,(H,20,22)(H,21,23). The fourth-order valence-electron chi connectivity index (χ4n) is 2.98. The zero-order valence-corrected chi connectivity index (χ0v) is 14.9. The maximum Gasteiger partial charge on any atom is 0.157 e. The highest BCUT2D eigenvalue weighted by molar-refractivity contribution is 8.13. The largest absolute Gasteiger partial charge is 0.362 e. The molecule has 24 heavy (non-hydrogen) atoms. The average Bonchev–Trinajstić information content (AvgIpc) is 3.31. The van der Waals surface area contributed by atoms with E-state index in [1.165, 1.54) is 36.9 Å². The fourth-order valence-corrected chi connectivity index (χ4v) is 3.86. The van der Waals surface area contributed by atoms with Gasteiger partial charge >= 0.3 is 0 Å². The lowest BCUT2D eigenvalue weighted by Gasteiger charge is -2.15. The molecule has 128 valence electrons. The van der Waals surface area contributed by atoms with Gasteiger partial charge in [0.2, 0.25) is 0 Å². The van der Waals surface area contributed by atoms with E-state index in [4.69, 9.17) is 4.99 Å². The number of benzene rings is 1. The van der Waals surface area contributed by atoms with E-state index in [-0.39, 0.29) is 0 Å². The number of amidine groups is 1. The second-order valence-corrected chi connectivity index (χ2v) is 7.35. The van der Waals surface area contributed by atoms with Gasteiger partial charge in [-0.05, 0) is 31.2 Å². The van der Waals surface area contributed by atoms with Crippen LogP contribution >= 0.6 is 11.8 Å². The Morgan fingerprint density at radius 1 is 1.25 bits per heavy atom. The number of nitrogens with one attached hydrogen (secondary N) is 2. The molecule has 5 heteroatoms. The second kappa shape index (κ2) is 9.52. The number of rotatable bonds is 7. The highest BCUT2D eigenvalue weighted by atomic mass is 32.2. The molecule has 1 aliphatic rings. The molecule has 3 rings (SSSR count). The summed E-state index contributed by atoms with van der Waals surface area (Å²) in [5.74, 6) is 1.08. The van der Waals surface area contributed by atoms with Crippen LogP contribution in [-0.2, 0) is 13.0 Å². The third-order valence-corrected chi connectivity index (χ3v) is 5.33. The third kappa shape index (κ3) is 5.71. The third-order valence-electron chi connectivity index (χ3n) is 4.31. The van der Waals surface area contributed by atoms with E-state index < -0.39 is 0 Å². The highest BCUT2D eigenvalue weighted by Crippen LogP contribution is 2.19. The minimum absolute atomic E-state index is 0.611. The Bertz CT molecular complexity index is 604. The van der Waals surface area contributed by atoms with Crippen LogP contribution in [0.2, 0.25) is 0 Å². The monoisotopic (exact) mass is 342 g/mol. The smallest absolute Gasteiger partial charge is 0.157 e. The lowest BCUT2D eigenvalue weighted by molar-refractivity contribution is 0.633. The molecule has 2 N–H and O–H groups in total. The maximum atomic E-state index is 4.84. The minimum Gasteiger partial charge on any atom is -0.362 e. The summed E-state index contributed by atoms with van der Waals surface area (Å²) in [6, 6.07) is 11.1. The molecule has 0 spiro atoms. The Morgan fingerprint density at radius 2 is 2.08 bits per heavy atom. The molecular formula is C19H26N4S. The number of thioether (sulfide) groups is 1. The number of hydrogen-bond acceptors (Lipinski definition) is 3. The molecule has 1 aromatic heterocycles.